The first-order valence-corrected chi connectivity index (χ1v) is 18.0. The SMILES string of the molecule is N#Cc1cc(C#N)c(-n2c3ccccc3c3cc4sc5ccccc5c4cc32)cc1-n1c2ccccc2c2cc3sc4ccccc4c3cc21. The maximum absolute atomic E-state index is 10.6. The predicted molar refractivity (Wildman–Crippen MR) is 210 cm³/mol. The lowest BCUT2D eigenvalue weighted by Gasteiger charge is -2.16. The van der Waals surface area contributed by atoms with Crippen LogP contribution < -0.4 is 0 Å². The maximum atomic E-state index is 10.6. The molecule has 0 fully saturated rings. The first-order valence-electron chi connectivity index (χ1n) is 16.4. The van der Waals surface area contributed by atoms with Crippen molar-refractivity contribution in [1.29, 1.82) is 10.5 Å². The highest BCUT2D eigenvalue weighted by atomic mass is 32.1. The van der Waals surface area contributed by atoms with E-state index in [9.17, 15) is 10.5 Å². The highest BCUT2D eigenvalue weighted by molar-refractivity contribution is 7.26. The number of thiophene rings is 2. The minimum Gasteiger partial charge on any atom is -0.308 e. The van der Waals surface area contributed by atoms with Crippen LogP contribution in [0.4, 0.5) is 0 Å². The summed E-state index contributed by atoms with van der Waals surface area (Å²) in [5.74, 6) is 0. The zero-order valence-corrected chi connectivity index (χ0v) is 27.9. The molecule has 0 aliphatic heterocycles. The number of para-hydroxylation sites is 2. The maximum Gasteiger partial charge on any atom is 0.101 e. The third kappa shape index (κ3) is 3.61. The Morgan fingerprint density at radius 1 is 0.360 bits per heavy atom. The van der Waals surface area contributed by atoms with Gasteiger partial charge in [-0.15, -0.1) is 22.7 Å². The monoisotopic (exact) mass is 670 g/mol. The number of hydrogen-bond donors (Lipinski definition) is 0. The number of nitrogens with zero attached hydrogens (tertiary/aromatic N) is 4. The van der Waals surface area contributed by atoms with Gasteiger partial charge in [0.1, 0.15) is 12.1 Å². The van der Waals surface area contributed by atoms with Crippen molar-refractivity contribution in [3.8, 4) is 23.5 Å². The Kier molecular flexibility index (Phi) is 5.52. The summed E-state index contributed by atoms with van der Waals surface area (Å²) in [6, 6.07) is 51.8. The molecule has 0 N–H and O–H groups in total. The topological polar surface area (TPSA) is 57.4 Å². The van der Waals surface area contributed by atoms with E-state index in [1.54, 1.807) is 6.07 Å². The van der Waals surface area contributed by atoms with E-state index in [1.165, 1.54) is 40.3 Å². The van der Waals surface area contributed by atoms with Gasteiger partial charge in [-0.05, 0) is 60.7 Å². The van der Waals surface area contributed by atoms with Gasteiger partial charge in [-0.3, -0.25) is 0 Å². The molecule has 0 amide bonds. The van der Waals surface area contributed by atoms with Crippen LogP contribution in [-0.2, 0) is 0 Å². The fourth-order valence-electron chi connectivity index (χ4n) is 8.02. The summed E-state index contributed by atoms with van der Waals surface area (Å²) in [5, 5.41) is 30.7. The molecule has 0 saturated heterocycles. The number of rotatable bonds is 2. The lowest BCUT2D eigenvalue weighted by molar-refractivity contribution is 1.12. The van der Waals surface area contributed by atoms with Gasteiger partial charge in [0, 0.05) is 61.9 Å². The third-order valence-electron chi connectivity index (χ3n) is 10.2. The highest BCUT2D eigenvalue weighted by Gasteiger charge is 2.22. The lowest BCUT2D eigenvalue weighted by Crippen LogP contribution is -2.04. The van der Waals surface area contributed by atoms with E-state index >= 15 is 0 Å². The molecule has 50 heavy (non-hydrogen) atoms. The molecule has 4 aromatic heterocycles. The summed E-state index contributed by atoms with van der Waals surface area (Å²) in [4.78, 5) is 0. The molecule has 0 radical (unpaired) electrons. The van der Waals surface area contributed by atoms with Crippen LogP contribution in [0.2, 0.25) is 0 Å². The lowest BCUT2D eigenvalue weighted by atomic mass is 10.1. The van der Waals surface area contributed by atoms with E-state index in [0.29, 0.717) is 11.1 Å². The fraction of sp³-hybridized carbons (Fsp3) is 0. The van der Waals surface area contributed by atoms with Gasteiger partial charge in [0.15, 0.2) is 0 Å². The summed E-state index contributed by atoms with van der Waals surface area (Å²) >= 11 is 3.61. The van der Waals surface area contributed by atoms with E-state index in [2.05, 4.69) is 149 Å². The Balaban J connectivity index is 1.28. The van der Waals surface area contributed by atoms with Crippen LogP contribution in [0.5, 0.6) is 0 Å². The van der Waals surface area contributed by atoms with E-state index in [1.807, 2.05) is 22.7 Å². The summed E-state index contributed by atoms with van der Waals surface area (Å²) in [6.45, 7) is 0. The van der Waals surface area contributed by atoms with Crippen LogP contribution in [-0.4, -0.2) is 9.13 Å². The first kappa shape index (κ1) is 27.5. The van der Waals surface area contributed by atoms with Crippen molar-refractivity contribution in [3.63, 3.8) is 0 Å². The molecule has 0 saturated carbocycles. The van der Waals surface area contributed by atoms with Gasteiger partial charge >= 0.3 is 0 Å². The number of hydrogen-bond acceptors (Lipinski definition) is 4. The molecule has 11 rings (SSSR count). The Hall–Kier alpha value is -6.44. The summed E-state index contributed by atoms with van der Waals surface area (Å²) in [6.07, 6.45) is 0. The van der Waals surface area contributed by atoms with Crippen molar-refractivity contribution in [2.45, 2.75) is 0 Å². The molecule has 4 heterocycles. The van der Waals surface area contributed by atoms with Gasteiger partial charge in [0.05, 0.1) is 44.6 Å². The van der Waals surface area contributed by atoms with Crippen molar-refractivity contribution in [3.05, 3.63) is 145 Å². The molecular weight excluding hydrogens is 649 g/mol. The number of fused-ring (bicyclic) bond motifs is 12. The Morgan fingerprint density at radius 3 is 1.24 bits per heavy atom. The van der Waals surface area contributed by atoms with Crippen LogP contribution in [0.15, 0.2) is 133 Å². The zero-order valence-electron chi connectivity index (χ0n) is 26.3. The summed E-state index contributed by atoms with van der Waals surface area (Å²) in [5.41, 5.74) is 6.51. The van der Waals surface area contributed by atoms with Crippen LogP contribution >= 0.6 is 22.7 Å². The average molecular weight is 671 g/mol. The molecule has 6 heteroatoms. The van der Waals surface area contributed by atoms with E-state index < -0.39 is 0 Å². The molecule has 4 nitrogen and oxygen atoms in total. The molecule has 0 aliphatic carbocycles. The first-order chi connectivity index (χ1) is 24.7. The molecule has 0 spiro atoms. The highest BCUT2D eigenvalue weighted by Crippen LogP contribution is 2.44. The van der Waals surface area contributed by atoms with Crippen LogP contribution in [0.1, 0.15) is 11.1 Å². The number of nitriles is 2. The Bertz CT molecular complexity index is 3130. The van der Waals surface area contributed by atoms with E-state index in [4.69, 9.17) is 0 Å². The molecule has 0 aliphatic rings. The van der Waals surface area contributed by atoms with Crippen molar-refractivity contribution < 1.29 is 0 Å². The molecule has 0 bridgehead atoms. The van der Waals surface area contributed by atoms with Crippen molar-refractivity contribution in [2.75, 3.05) is 0 Å². The second-order valence-electron chi connectivity index (χ2n) is 12.7. The molecule has 230 valence electrons. The minimum atomic E-state index is 0.454. The second-order valence-corrected chi connectivity index (χ2v) is 14.9. The standard InChI is InChI=1S/C44H22N4S2/c45-23-25-17-26(24-46)38(48-36-14-6-2-10-28(36)32-21-44-34(19-40(32)48)30-12-4-8-16-42(30)50-44)22-37(25)47-35-13-5-1-9-27(35)31-20-43-33(18-39(31)47)29-11-3-7-15-41(29)49-43/h1-22H. The number of benzene rings is 7. The van der Waals surface area contributed by atoms with Gasteiger partial charge in [-0.25, -0.2) is 0 Å². The quantitative estimate of drug-likeness (QED) is 0.184. The van der Waals surface area contributed by atoms with E-state index in [0.717, 1.165) is 55.0 Å². The van der Waals surface area contributed by atoms with Gasteiger partial charge in [0.2, 0.25) is 0 Å². The van der Waals surface area contributed by atoms with Crippen LogP contribution in [0.25, 0.3) is 95.3 Å². The van der Waals surface area contributed by atoms with Crippen LogP contribution in [0, 0.1) is 22.7 Å². The molecular formula is C44H22N4S2. The van der Waals surface area contributed by atoms with Crippen molar-refractivity contribution in [1.82, 2.24) is 9.13 Å². The van der Waals surface area contributed by atoms with Gasteiger partial charge in [-0.2, -0.15) is 10.5 Å². The third-order valence-corrected chi connectivity index (χ3v) is 12.4. The van der Waals surface area contributed by atoms with Gasteiger partial charge in [0.25, 0.3) is 0 Å². The molecule has 0 unspecified atom stereocenters. The second kappa shape index (κ2) is 10.0. The van der Waals surface area contributed by atoms with Crippen molar-refractivity contribution in [2.24, 2.45) is 0 Å². The zero-order chi connectivity index (χ0) is 33.1. The van der Waals surface area contributed by atoms with Crippen molar-refractivity contribution >= 4 is 107 Å². The summed E-state index contributed by atoms with van der Waals surface area (Å²) < 4.78 is 9.42. The van der Waals surface area contributed by atoms with Crippen LogP contribution in [0.3, 0.4) is 0 Å². The fourth-order valence-corrected chi connectivity index (χ4v) is 10.3. The Labute approximate surface area is 293 Å². The Morgan fingerprint density at radius 2 is 0.780 bits per heavy atom. The largest absolute Gasteiger partial charge is 0.308 e. The predicted octanol–water partition coefficient (Wildman–Crippen LogP) is 12.4. The average Bonchev–Trinajstić information content (AvgIpc) is 3.90. The normalized spacial score (nSPS) is 12.0. The minimum absolute atomic E-state index is 0.454. The number of aromatic nitrogens is 2. The molecule has 11 aromatic rings. The smallest absolute Gasteiger partial charge is 0.101 e. The molecule has 7 aromatic carbocycles. The van der Waals surface area contributed by atoms with Gasteiger partial charge in [-0.1, -0.05) is 72.8 Å². The van der Waals surface area contributed by atoms with E-state index in [-0.39, 0.29) is 0 Å². The van der Waals surface area contributed by atoms with Gasteiger partial charge < -0.3 is 9.13 Å². The summed E-state index contributed by atoms with van der Waals surface area (Å²) in [7, 11) is 0. The molecule has 0 atom stereocenters.